The fourth-order valence-corrected chi connectivity index (χ4v) is 3.90. The van der Waals surface area contributed by atoms with E-state index >= 15 is 0 Å². The van der Waals surface area contributed by atoms with Crippen molar-refractivity contribution in [3.63, 3.8) is 0 Å². The van der Waals surface area contributed by atoms with Crippen molar-refractivity contribution < 1.29 is 18.0 Å². The normalized spacial score (nSPS) is 11.1. The lowest BCUT2D eigenvalue weighted by molar-refractivity contribution is 0.0953. The molecule has 0 unspecified atom stereocenters. The quantitative estimate of drug-likeness (QED) is 0.538. The van der Waals surface area contributed by atoms with Gasteiger partial charge in [0.05, 0.1) is 5.69 Å². The number of nitrogens with zero attached hydrogens (tertiary/aromatic N) is 2. The molecule has 0 saturated carbocycles. The first-order chi connectivity index (χ1) is 13.4. The first kappa shape index (κ1) is 18.2. The molecule has 0 spiro atoms. The van der Waals surface area contributed by atoms with Gasteiger partial charge in [-0.2, -0.15) is 0 Å². The van der Waals surface area contributed by atoms with Gasteiger partial charge in [0.2, 0.25) is 0 Å². The van der Waals surface area contributed by atoms with Crippen LogP contribution in [0.5, 0.6) is 0 Å². The number of fused-ring (bicyclic) bond motifs is 1. The summed E-state index contributed by atoms with van der Waals surface area (Å²) in [6.07, 6.45) is 1.77. The number of benzene rings is 2. The zero-order valence-electron chi connectivity index (χ0n) is 14.7. The number of carbonyl (C=O) groups excluding carboxylic acids is 1. The van der Waals surface area contributed by atoms with Gasteiger partial charge in [0.15, 0.2) is 4.96 Å². The number of nitrogens with one attached hydrogen (secondary N) is 1. The first-order valence-electron chi connectivity index (χ1n) is 8.39. The van der Waals surface area contributed by atoms with Crippen molar-refractivity contribution in [1.82, 2.24) is 14.7 Å². The Morgan fingerprint density at radius 3 is 2.43 bits per heavy atom. The smallest absolute Gasteiger partial charge is 0.263 e. The van der Waals surface area contributed by atoms with E-state index in [-0.39, 0.29) is 17.9 Å². The largest absolute Gasteiger partial charge is 0.347 e. The van der Waals surface area contributed by atoms with E-state index in [9.17, 15) is 18.0 Å². The van der Waals surface area contributed by atoms with Gasteiger partial charge in [-0.15, -0.1) is 0 Å². The van der Waals surface area contributed by atoms with E-state index in [1.54, 1.807) is 29.7 Å². The highest BCUT2D eigenvalue weighted by atomic mass is 32.1. The Balaban J connectivity index is 1.57. The molecule has 0 bridgehead atoms. The standard InChI is InChI=1S/C20H14F3N3OS/c1-11-18(19(27)24-9-14-15(22)3-2-4-16(14)23)28-20-25-17(10-26(11)20)12-5-7-13(21)8-6-12/h2-8,10H,9H2,1H3,(H,24,27). The van der Waals surface area contributed by atoms with E-state index in [0.717, 1.165) is 17.7 Å². The van der Waals surface area contributed by atoms with Gasteiger partial charge in [0.1, 0.15) is 22.3 Å². The molecular weight excluding hydrogens is 387 g/mol. The van der Waals surface area contributed by atoms with Gasteiger partial charge in [0.25, 0.3) is 5.91 Å². The molecule has 2 aromatic heterocycles. The lowest BCUT2D eigenvalue weighted by Gasteiger charge is -2.07. The summed E-state index contributed by atoms with van der Waals surface area (Å²) in [5, 5.41) is 2.55. The Morgan fingerprint density at radius 1 is 1.11 bits per heavy atom. The molecule has 1 amide bonds. The molecule has 0 saturated heterocycles. The minimum Gasteiger partial charge on any atom is -0.347 e. The second-order valence-electron chi connectivity index (χ2n) is 6.19. The second kappa shape index (κ2) is 7.12. The summed E-state index contributed by atoms with van der Waals surface area (Å²) in [7, 11) is 0. The molecular formula is C20H14F3N3OS. The van der Waals surface area contributed by atoms with Gasteiger partial charge in [-0.1, -0.05) is 17.4 Å². The summed E-state index contributed by atoms with van der Waals surface area (Å²) < 4.78 is 42.3. The summed E-state index contributed by atoms with van der Waals surface area (Å²) in [6, 6.07) is 9.54. The molecule has 2 heterocycles. The molecule has 4 rings (SSSR count). The highest BCUT2D eigenvalue weighted by molar-refractivity contribution is 7.19. The van der Waals surface area contributed by atoms with Crippen molar-refractivity contribution >= 4 is 22.2 Å². The molecule has 0 aliphatic heterocycles. The van der Waals surface area contributed by atoms with Crippen LogP contribution in [0.25, 0.3) is 16.2 Å². The molecule has 2 aromatic carbocycles. The summed E-state index contributed by atoms with van der Waals surface area (Å²) in [4.78, 5) is 18.0. The van der Waals surface area contributed by atoms with Crippen LogP contribution in [0.15, 0.2) is 48.7 Å². The van der Waals surface area contributed by atoms with Crippen LogP contribution in [0.1, 0.15) is 20.9 Å². The number of carbonyl (C=O) groups is 1. The summed E-state index contributed by atoms with van der Waals surface area (Å²) in [5.74, 6) is -2.17. The number of rotatable bonds is 4. The average Bonchev–Trinajstić information content (AvgIpc) is 3.21. The van der Waals surface area contributed by atoms with E-state index in [0.29, 0.717) is 21.2 Å². The number of thiazole rings is 1. The monoisotopic (exact) mass is 401 g/mol. The van der Waals surface area contributed by atoms with E-state index in [2.05, 4.69) is 10.3 Å². The third-order valence-electron chi connectivity index (χ3n) is 4.39. The van der Waals surface area contributed by atoms with Gasteiger partial charge in [-0.3, -0.25) is 9.20 Å². The van der Waals surface area contributed by atoms with Gasteiger partial charge < -0.3 is 5.32 Å². The maximum Gasteiger partial charge on any atom is 0.263 e. The van der Waals surface area contributed by atoms with Gasteiger partial charge >= 0.3 is 0 Å². The second-order valence-corrected chi connectivity index (χ2v) is 7.16. The maximum atomic E-state index is 13.7. The first-order valence-corrected chi connectivity index (χ1v) is 9.21. The number of hydrogen-bond acceptors (Lipinski definition) is 3. The Labute approximate surface area is 162 Å². The molecule has 0 atom stereocenters. The van der Waals surface area contributed by atoms with Crippen LogP contribution in [0.4, 0.5) is 13.2 Å². The Morgan fingerprint density at radius 2 is 1.79 bits per heavy atom. The number of halogens is 3. The summed E-state index contributed by atoms with van der Waals surface area (Å²) in [6.45, 7) is 1.51. The van der Waals surface area contributed by atoms with Crippen molar-refractivity contribution in [2.45, 2.75) is 13.5 Å². The van der Waals surface area contributed by atoms with Gasteiger partial charge in [0, 0.05) is 29.6 Å². The highest BCUT2D eigenvalue weighted by Gasteiger charge is 2.19. The number of imidazole rings is 1. The predicted molar refractivity (Wildman–Crippen MR) is 101 cm³/mol. The van der Waals surface area contributed by atoms with E-state index in [1.807, 2.05) is 0 Å². The topological polar surface area (TPSA) is 46.4 Å². The Kier molecular flexibility index (Phi) is 4.64. The fraction of sp³-hybridized carbons (Fsp3) is 0.100. The minimum absolute atomic E-state index is 0.187. The SMILES string of the molecule is Cc1c(C(=O)NCc2c(F)cccc2F)sc2nc(-c3ccc(F)cc3)cn12. The Bertz CT molecular complexity index is 1160. The molecule has 1 N–H and O–H groups in total. The molecule has 0 fully saturated rings. The van der Waals surface area contributed by atoms with Gasteiger partial charge in [-0.05, 0) is 43.3 Å². The minimum atomic E-state index is -0.707. The third-order valence-corrected chi connectivity index (χ3v) is 5.55. The zero-order chi connectivity index (χ0) is 19.8. The van der Waals surface area contributed by atoms with Crippen LogP contribution >= 0.6 is 11.3 Å². The van der Waals surface area contributed by atoms with E-state index < -0.39 is 17.5 Å². The zero-order valence-corrected chi connectivity index (χ0v) is 15.5. The molecule has 28 heavy (non-hydrogen) atoms. The van der Waals surface area contributed by atoms with E-state index in [4.69, 9.17) is 0 Å². The number of aryl methyl sites for hydroxylation is 1. The van der Waals surface area contributed by atoms with E-state index in [1.165, 1.54) is 29.5 Å². The van der Waals surface area contributed by atoms with Crippen LogP contribution in [0.2, 0.25) is 0 Å². The summed E-state index contributed by atoms with van der Waals surface area (Å²) >= 11 is 1.17. The van der Waals surface area contributed by atoms with Crippen LogP contribution in [0.3, 0.4) is 0 Å². The van der Waals surface area contributed by atoms with Crippen molar-refractivity contribution in [3.05, 3.63) is 82.2 Å². The number of amides is 1. The molecule has 0 radical (unpaired) electrons. The van der Waals surface area contributed by atoms with Crippen molar-refractivity contribution in [2.24, 2.45) is 0 Å². The summed E-state index contributed by atoms with van der Waals surface area (Å²) in [5.41, 5.74) is 1.90. The number of hydrogen-bond donors (Lipinski definition) is 1. The van der Waals surface area contributed by atoms with Gasteiger partial charge in [-0.25, -0.2) is 18.2 Å². The van der Waals surface area contributed by atoms with Crippen molar-refractivity contribution in [2.75, 3.05) is 0 Å². The lowest BCUT2D eigenvalue weighted by Crippen LogP contribution is -2.24. The van der Waals surface area contributed by atoms with Crippen LogP contribution < -0.4 is 5.32 Å². The number of aromatic nitrogens is 2. The average molecular weight is 401 g/mol. The van der Waals surface area contributed by atoms with Crippen molar-refractivity contribution in [1.29, 1.82) is 0 Å². The molecule has 0 aliphatic rings. The molecule has 8 heteroatoms. The lowest BCUT2D eigenvalue weighted by atomic mass is 10.2. The van der Waals surface area contributed by atoms with Crippen LogP contribution in [-0.2, 0) is 6.54 Å². The molecule has 4 nitrogen and oxygen atoms in total. The predicted octanol–water partition coefficient (Wildman–Crippen LogP) is 4.72. The Hall–Kier alpha value is -3.13. The van der Waals surface area contributed by atoms with Crippen molar-refractivity contribution in [3.8, 4) is 11.3 Å². The molecule has 4 aromatic rings. The highest BCUT2D eigenvalue weighted by Crippen LogP contribution is 2.27. The fourth-order valence-electron chi connectivity index (χ4n) is 2.87. The third kappa shape index (κ3) is 3.27. The molecule has 0 aliphatic carbocycles. The van der Waals surface area contributed by atoms with Crippen LogP contribution in [-0.4, -0.2) is 15.3 Å². The maximum absolute atomic E-state index is 13.7. The van der Waals surface area contributed by atoms with Crippen LogP contribution in [0, 0.1) is 24.4 Å². The molecule has 142 valence electrons.